The van der Waals surface area contributed by atoms with Gasteiger partial charge < -0.3 is 9.47 Å². The maximum absolute atomic E-state index is 12.4. The summed E-state index contributed by atoms with van der Waals surface area (Å²) in [5.41, 5.74) is 0.116. The van der Waals surface area contributed by atoms with E-state index in [0.717, 1.165) is 17.7 Å². The standard InChI is InChI=1S/C13H17F3O2/c1-3-17-12(18-4-2)9-10-5-7-11(8-6-10)13(14,15)16/h5-8,12H,3-4,9H2,1-2H3. The Morgan fingerprint density at radius 3 is 1.89 bits per heavy atom. The Morgan fingerprint density at radius 1 is 1.00 bits per heavy atom. The summed E-state index contributed by atoms with van der Waals surface area (Å²) >= 11 is 0. The van der Waals surface area contributed by atoms with Crippen LogP contribution in [0.2, 0.25) is 0 Å². The molecular weight excluding hydrogens is 245 g/mol. The molecule has 1 aromatic carbocycles. The van der Waals surface area contributed by atoms with Gasteiger partial charge in [0, 0.05) is 19.6 Å². The number of halogens is 3. The SMILES string of the molecule is CCOC(Cc1ccc(C(F)(F)F)cc1)OCC. The van der Waals surface area contributed by atoms with Crippen LogP contribution in [0.15, 0.2) is 24.3 Å². The Kier molecular flexibility index (Phi) is 5.62. The predicted molar refractivity (Wildman–Crippen MR) is 62.2 cm³/mol. The zero-order valence-electron chi connectivity index (χ0n) is 10.5. The topological polar surface area (TPSA) is 18.5 Å². The molecule has 0 unspecified atom stereocenters. The maximum Gasteiger partial charge on any atom is 0.416 e. The third kappa shape index (κ3) is 4.66. The van der Waals surface area contributed by atoms with E-state index in [9.17, 15) is 13.2 Å². The minimum atomic E-state index is -4.29. The molecule has 102 valence electrons. The molecule has 0 amide bonds. The molecule has 5 heteroatoms. The van der Waals surface area contributed by atoms with Crippen molar-refractivity contribution in [1.29, 1.82) is 0 Å². The first-order chi connectivity index (χ1) is 8.47. The largest absolute Gasteiger partial charge is 0.416 e. The van der Waals surface area contributed by atoms with E-state index in [1.54, 1.807) is 0 Å². The van der Waals surface area contributed by atoms with Crippen molar-refractivity contribution in [2.45, 2.75) is 32.7 Å². The fourth-order valence-corrected chi connectivity index (χ4v) is 1.56. The normalized spacial score (nSPS) is 12.1. The molecule has 0 aromatic heterocycles. The van der Waals surface area contributed by atoms with E-state index in [1.807, 2.05) is 13.8 Å². The molecule has 0 aliphatic heterocycles. The molecule has 0 N–H and O–H groups in total. The second-order valence-corrected chi connectivity index (χ2v) is 3.74. The quantitative estimate of drug-likeness (QED) is 0.729. The number of hydrogen-bond donors (Lipinski definition) is 0. The van der Waals surface area contributed by atoms with Gasteiger partial charge in [-0.05, 0) is 31.5 Å². The summed E-state index contributed by atoms with van der Waals surface area (Å²) in [5, 5.41) is 0. The van der Waals surface area contributed by atoms with E-state index in [4.69, 9.17) is 9.47 Å². The molecule has 18 heavy (non-hydrogen) atoms. The Balaban J connectivity index is 2.67. The van der Waals surface area contributed by atoms with Gasteiger partial charge in [0.05, 0.1) is 5.56 Å². The summed E-state index contributed by atoms with van der Waals surface area (Å²) in [6.07, 6.45) is -4.26. The highest BCUT2D eigenvalue weighted by molar-refractivity contribution is 5.24. The first-order valence-corrected chi connectivity index (χ1v) is 5.86. The maximum atomic E-state index is 12.4. The van der Waals surface area contributed by atoms with Crippen molar-refractivity contribution in [2.75, 3.05) is 13.2 Å². The fraction of sp³-hybridized carbons (Fsp3) is 0.538. The lowest BCUT2D eigenvalue weighted by Gasteiger charge is -2.17. The molecular formula is C13H17F3O2. The van der Waals surface area contributed by atoms with Crippen LogP contribution in [0.5, 0.6) is 0 Å². The third-order valence-electron chi connectivity index (χ3n) is 2.39. The van der Waals surface area contributed by atoms with Gasteiger partial charge in [-0.2, -0.15) is 13.2 Å². The number of benzene rings is 1. The van der Waals surface area contributed by atoms with Gasteiger partial charge in [-0.1, -0.05) is 12.1 Å². The molecule has 0 saturated carbocycles. The average Bonchev–Trinajstić information content (AvgIpc) is 2.29. The fourth-order valence-electron chi connectivity index (χ4n) is 1.56. The van der Waals surface area contributed by atoms with Crippen molar-refractivity contribution in [1.82, 2.24) is 0 Å². The van der Waals surface area contributed by atoms with Crippen molar-refractivity contribution >= 4 is 0 Å². The van der Waals surface area contributed by atoms with Crippen molar-refractivity contribution in [3.8, 4) is 0 Å². The molecule has 2 nitrogen and oxygen atoms in total. The van der Waals surface area contributed by atoms with E-state index in [2.05, 4.69) is 0 Å². The molecule has 0 atom stereocenters. The molecule has 0 fully saturated rings. The number of hydrogen-bond acceptors (Lipinski definition) is 2. The smallest absolute Gasteiger partial charge is 0.353 e. The zero-order valence-corrected chi connectivity index (χ0v) is 10.5. The summed E-state index contributed by atoms with van der Waals surface area (Å²) in [5.74, 6) is 0. The second-order valence-electron chi connectivity index (χ2n) is 3.74. The molecule has 0 bridgehead atoms. The van der Waals surface area contributed by atoms with Crippen LogP contribution in [-0.2, 0) is 22.1 Å². The highest BCUT2D eigenvalue weighted by Crippen LogP contribution is 2.29. The summed E-state index contributed by atoms with van der Waals surface area (Å²) < 4.78 is 47.8. The van der Waals surface area contributed by atoms with Gasteiger partial charge in [0.25, 0.3) is 0 Å². The summed E-state index contributed by atoms with van der Waals surface area (Å²) in [6.45, 7) is 4.70. The van der Waals surface area contributed by atoms with Crippen LogP contribution in [0.4, 0.5) is 13.2 Å². The highest BCUT2D eigenvalue weighted by atomic mass is 19.4. The van der Waals surface area contributed by atoms with Gasteiger partial charge in [-0.3, -0.25) is 0 Å². The lowest BCUT2D eigenvalue weighted by molar-refractivity contribution is -0.137. The monoisotopic (exact) mass is 262 g/mol. The number of alkyl halides is 3. The Bertz CT molecular complexity index is 340. The first kappa shape index (κ1) is 15.0. The van der Waals surface area contributed by atoms with Crippen LogP contribution in [0.3, 0.4) is 0 Å². The molecule has 0 aliphatic carbocycles. The van der Waals surface area contributed by atoms with E-state index in [-0.39, 0.29) is 0 Å². The molecule has 1 rings (SSSR count). The molecule has 0 radical (unpaired) electrons. The van der Waals surface area contributed by atoms with E-state index in [1.165, 1.54) is 12.1 Å². The Hall–Kier alpha value is -1.07. The van der Waals surface area contributed by atoms with Gasteiger partial charge in [-0.15, -0.1) is 0 Å². The van der Waals surface area contributed by atoms with Gasteiger partial charge in [-0.25, -0.2) is 0 Å². The Morgan fingerprint density at radius 2 is 1.50 bits per heavy atom. The number of ether oxygens (including phenoxy) is 2. The second kappa shape index (κ2) is 6.75. The van der Waals surface area contributed by atoms with Crippen LogP contribution in [0.25, 0.3) is 0 Å². The lowest BCUT2D eigenvalue weighted by Crippen LogP contribution is -2.20. The predicted octanol–water partition coefficient (Wildman–Crippen LogP) is 3.65. The molecule has 0 spiro atoms. The average molecular weight is 262 g/mol. The van der Waals surface area contributed by atoms with Crippen molar-refractivity contribution in [3.05, 3.63) is 35.4 Å². The van der Waals surface area contributed by atoms with Crippen LogP contribution in [0.1, 0.15) is 25.0 Å². The van der Waals surface area contributed by atoms with Gasteiger partial charge in [0.2, 0.25) is 0 Å². The lowest BCUT2D eigenvalue weighted by atomic mass is 10.1. The molecule has 0 saturated heterocycles. The van der Waals surface area contributed by atoms with E-state index in [0.29, 0.717) is 19.6 Å². The molecule has 1 aromatic rings. The summed E-state index contributed by atoms with van der Waals surface area (Å²) in [7, 11) is 0. The molecule has 0 heterocycles. The van der Waals surface area contributed by atoms with Crippen LogP contribution >= 0.6 is 0 Å². The first-order valence-electron chi connectivity index (χ1n) is 5.86. The van der Waals surface area contributed by atoms with Gasteiger partial charge in [0.1, 0.15) is 0 Å². The van der Waals surface area contributed by atoms with Crippen LogP contribution in [-0.4, -0.2) is 19.5 Å². The van der Waals surface area contributed by atoms with E-state index < -0.39 is 18.0 Å². The minimum Gasteiger partial charge on any atom is -0.353 e. The van der Waals surface area contributed by atoms with Crippen molar-refractivity contribution < 1.29 is 22.6 Å². The third-order valence-corrected chi connectivity index (χ3v) is 2.39. The van der Waals surface area contributed by atoms with Gasteiger partial charge in [0.15, 0.2) is 6.29 Å². The van der Waals surface area contributed by atoms with Crippen molar-refractivity contribution in [3.63, 3.8) is 0 Å². The highest BCUT2D eigenvalue weighted by Gasteiger charge is 2.29. The number of rotatable bonds is 6. The summed E-state index contributed by atoms with van der Waals surface area (Å²) in [6, 6.07) is 5.05. The van der Waals surface area contributed by atoms with Gasteiger partial charge >= 0.3 is 6.18 Å². The molecule has 0 aliphatic rings. The zero-order chi connectivity index (χ0) is 13.6. The Labute approximate surface area is 105 Å². The van der Waals surface area contributed by atoms with Crippen LogP contribution in [0, 0.1) is 0 Å². The van der Waals surface area contributed by atoms with Crippen LogP contribution < -0.4 is 0 Å². The summed E-state index contributed by atoms with van der Waals surface area (Å²) in [4.78, 5) is 0. The minimum absolute atomic E-state index is 0.406. The van der Waals surface area contributed by atoms with E-state index >= 15 is 0 Å². The van der Waals surface area contributed by atoms with Crippen molar-refractivity contribution in [2.24, 2.45) is 0 Å².